The van der Waals surface area contributed by atoms with Crippen molar-refractivity contribution in [3.8, 4) is 11.1 Å². The number of rotatable bonds is 3. The first kappa shape index (κ1) is 14.8. The molecule has 0 bridgehead atoms. The van der Waals surface area contributed by atoms with Crippen molar-refractivity contribution in [1.29, 1.82) is 0 Å². The largest absolute Gasteiger partial charge is 0.220 e. The predicted molar refractivity (Wildman–Crippen MR) is 83.7 cm³/mol. The lowest BCUT2D eigenvalue weighted by Crippen LogP contribution is -2.02. The summed E-state index contributed by atoms with van der Waals surface area (Å²) in [6.07, 6.45) is 0.762. The van der Waals surface area contributed by atoms with Gasteiger partial charge in [-0.3, -0.25) is 0 Å². The molecule has 0 atom stereocenters. The Balaban J connectivity index is 2.47. The van der Waals surface area contributed by atoms with Crippen molar-refractivity contribution < 1.29 is 0 Å². The van der Waals surface area contributed by atoms with Crippen LogP contribution in [0.15, 0.2) is 28.7 Å². The third kappa shape index (κ3) is 3.68. The molecule has 0 aliphatic rings. The highest BCUT2D eigenvalue weighted by Crippen LogP contribution is 2.33. The van der Waals surface area contributed by atoms with Gasteiger partial charge >= 0.3 is 0 Å². The van der Waals surface area contributed by atoms with Crippen LogP contribution in [0.2, 0.25) is 10.3 Å². The van der Waals surface area contributed by atoms with Crippen molar-refractivity contribution in [1.82, 2.24) is 9.97 Å². The van der Waals surface area contributed by atoms with Gasteiger partial charge in [0.05, 0.1) is 5.56 Å². The van der Waals surface area contributed by atoms with E-state index in [1.807, 2.05) is 24.3 Å². The Labute approximate surface area is 131 Å². The van der Waals surface area contributed by atoms with Gasteiger partial charge in [0.2, 0.25) is 0 Å². The molecule has 5 heteroatoms. The first-order valence-corrected chi connectivity index (χ1v) is 7.50. The summed E-state index contributed by atoms with van der Waals surface area (Å²) in [6, 6.07) is 7.75. The minimum absolute atomic E-state index is 0.397. The highest BCUT2D eigenvalue weighted by Gasteiger charge is 2.14. The lowest BCUT2D eigenvalue weighted by atomic mass is 10.1. The van der Waals surface area contributed by atoms with Gasteiger partial charge in [-0.25, -0.2) is 9.97 Å². The Kier molecular flexibility index (Phi) is 4.82. The molecule has 0 aliphatic carbocycles. The lowest BCUT2D eigenvalue weighted by Gasteiger charge is -2.10. The van der Waals surface area contributed by atoms with Gasteiger partial charge in [-0.15, -0.1) is 0 Å². The van der Waals surface area contributed by atoms with Crippen molar-refractivity contribution in [3.63, 3.8) is 0 Å². The van der Waals surface area contributed by atoms with Crippen molar-refractivity contribution in [2.75, 3.05) is 0 Å². The van der Waals surface area contributed by atoms with Crippen molar-refractivity contribution >= 4 is 39.1 Å². The maximum Gasteiger partial charge on any atom is 0.142 e. The van der Waals surface area contributed by atoms with Crippen LogP contribution in [0.5, 0.6) is 0 Å². The molecule has 0 saturated carbocycles. The molecule has 1 aromatic carbocycles. The van der Waals surface area contributed by atoms with Crippen molar-refractivity contribution in [2.45, 2.75) is 20.3 Å². The van der Waals surface area contributed by atoms with E-state index < -0.39 is 0 Å². The fourth-order valence-electron chi connectivity index (χ4n) is 1.79. The van der Waals surface area contributed by atoms with Crippen LogP contribution in [-0.4, -0.2) is 9.97 Å². The molecule has 0 saturated heterocycles. The minimum Gasteiger partial charge on any atom is -0.220 e. The van der Waals surface area contributed by atoms with Gasteiger partial charge in [0, 0.05) is 10.9 Å². The van der Waals surface area contributed by atoms with Crippen molar-refractivity contribution in [3.05, 3.63) is 44.9 Å². The molecule has 0 spiro atoms. The molecule has 19 heavy (non-hydrogen) atoms. The summed E-state index contributed by atoms with van der Waals surface area (Å²) in [6.45, 7) is 4.21. The molecular formula is C14H13BrCl2N2. The third-order valence-corrected chi connectivity index (χ3v) is 3.61. The van der Waals surface area contributed by atoms with Gasteiger partial charge in [0.15, 0.2) is 0 Å². The van der Waals surface area contributed by atoms with Crippen LogP contribution >= 0.6 is 39.1 Å². The lowest BCUT2D eigenvalue weighted by molar-refractivity contribution is 0.621. The number of aromatic nitrogens is 2. The van der Waals surface area contributed by atoms with E-state index in [1.54, 1.807) is 0 Å². The van der Waals surface area contributed by atoms with E-state index in [0.717, 1.165) is 16.5 Å². The molecule has 2 rings (SSSR count). The number of hydrogen-bond acceptors (Lipinski definition) is 2. The fraction of sp³-hybridized carbons (Fsp3) is 0.286. The van der Waals surface area contributed by atoms with Gasteiger partial charge in [-0.1, -0.05) is 65.1 Å². The van der Waals surface area contributed by atoms with E-state index >= 15 is 0 Å². The zero-order valence-electron chi connectivity index (χ0n) is 10.6. The number of nitrogens with zero attached hydrogens (tertiary/aromatic N) is 2. The molecule has 1 aromatic heterocycles. The zero-order valence-corrected chi connectivity index (χ0v) is 13.7. The highest BCUT2D eigenvalue weighted by molar-refractivity contribution is 9.10. The maximum atomic E-state index is 6.25. The van der Waals surface area contributed by atoms with Gasteiger partial charge in [0.25, 0.3) is 0 Å². The second-order valence-corrected chi connectivity index (χ2v) is 6.34. The van der Waals surface area contributed by atoms with Gasteiger partial charge in [0.1, 0.15) is 16.1 Å². The average Bonchev–Trinajstić information content (AvgIpc) is 2.26. The van der Waals surface area contributed by atoms with Crippen LogP contribution in [0.3, 0.4) is 0 Å². The fourth-order valence-corrected chi connectivity index (χ4v) is 2.83. The average molecular weight is 360 g/mol. The molecule has 0 fully saturated rings. The van der Waals surface area contributed by atoms with E-state index in [2.05, 4.69) is 39.7 Å². The van der Waals surface area contributed by atoms with Crippen LogP contribution in [0, 0.1) is 5.92 Å². The molecule has 2 aromatic rings. The summed E-state index contributed by atoms with van der Waals surface area (Å²) < 4.78 is 0.961. The first-order valence-electron chi connectivity index (χ1n) is 5.95. The highest BCUT2D eigenvalue weighted by atomic mass is 79.9. The van der Waals surface area contributed by atoms with Crippen LogP contribution in [-0.2, 0) is 6.42 Å². The van der Waals surface area contributed by atoms with Crippen LogP contribution < -0.4 is 0 Å². The van der Waals surface area contributed by atoms with Crippen molar-refractivity contribution in [2.24, 2.45) is 5.92 Å². The molecule has 100 valence electrons. The number of benzene rings is 1. The molecule has 1 heterocycles. The normalized spacial score (nSPS) is 11.1. The molecular weight excluding hydrogens is 347 g/mol. The van der Waals surface area contributed by atoms with Crippen LogP contribution in [0.1, 0.15) is 19.7 Å². The molecule has 0 aliphatic heterocycles. The molecule has 0 N–H and O–H groups in total. The monoisotopic (exact) mass is 358 g/mol. The molecule has 0 unspecified atom stereocenters. The third-order valence-electron chi connectivity index (χ3n) is 2.57. The summed E-state index contributed by atoms with van der Waals surface area (Å²) in [7, 11) is 0. The van der Waals surface area contributed by atoms with E-state index in [0.29, 0.717) is 27.6 Å². The van der Waals surface area contributed by atoms with E-state index in [4.69, 9.17) is 23.2 Å². The Hall–Kier alpha value is -0.640. The summed E-state index contributed by atoms with van der Waals surface area (Å²) in [5, 5.41) is 0.794. The second-order valence-electron chi connectivity index (χ2n) is 4.70. The number of halogens is 3. The summed E-state index contributed by atoms with van der Waals surface area (Å²) in [4.78, 5) is 8.67. The van der Waals surface area contributed by atoms with Crippen LogP contribution in [0.4, 0.5) is 0 Å². The van der Waals surface area contributed by atoms with Gasteiger partial charge < -0.3 is 0 Å². The van der Waals surface area contributed by atoms with Gasteiger partial charge in [-0.2, -0.15) is 0 Å². The van der Waals surface area contributed by atoms with E-state index in [1.165, 1.54) is 0 Å². The second kappa shape index (κ2) is 6.21. The smallest absolute Gasteiger partial charge is 0.142 e. The van der Waals surface area contributed by atoms with Crippen LogP contribution in [0.25, 0.3) is 11.1 Å². The molecule has 0 amide bonds. The first-order chi connectivity index (χ1) is 8.97. The summed E-state index contributed by atoms with van der Waals surface area (Å²) >= 11 is 15.9. The van der Waals surface area contributed by atoms with E-state index in [-0.39, 0.29) is 0 Å². The minimum atomic E-state index is 0.397. The van der Waals surface area contributed by atoms with Gasteiger partial charge in [-0.05, 0) is 23.6 Å². The summed E-state index contributed by atoms with van der Waals surface area (Å²) in [5.74, 6) is 1.15. The van der Waals surface area contributed by atoms with E-state index in [9.17, 15) is 0 Å². The Morgan fingerprint density at radius 1 is 1.16 bits per heavy atom. The Morgan fingerprint density at radius 3 is 2.32 bits per heavy atom. The Morgan fingerprint density at radius 2 is 1.79 bits per heavy atom. The molecule has 0 radical (unpaired) electrons. The quantitative estimate of drug-likeness (QED) is 0.684. The maximum absolute atomic E-state index is 6.25. The predicted octanol–water partition coefficient (Wildman–Crippen LogP) is 5.41. The topological polar surface area (TPSA) is 25.8 Å². The SMILES string of the molecule is CC(C)Cc1nc(Cl)c(-c2cccc(Br)c2)c(Cl)n1. The molecule has 2 nitrogen and oxygen atoms in total. The zero-order chi connectivity index (χ0) is 14.0. The summed E-state index contributed by atoms with van der Waals surface area (Å²) in [5.41, 5.74) is 1.58. The Bertz CT molecular complexity index is 577. The number of hydrogen-bond donors (Lipinski definition) is 0. The standard InChI is InChI=1S/C14H13BrCl2N2/c1-8(2)6-11-18-13(16)12(14(17)19-11)9-4-3-5-10(15)7-9/h3-5,7-8H,6H2,1-2H3.